The lowest BCUT2D eigenvalue weighted by molar-refractivity contribution is -0.123. The van der Waals surface area contributed by atoms with E-state index in [-0.39, 0.29) is 18.4 Å². The van der Waals surface area contributed by atoms with Crippen molar-refractivity contribution >= 4 is 29.3 Å². The van der Waals surface area contributed by atoms with Crippen molar-refractivity contribution in [2.75, 3.05) is 43.4 Å². The Morgan fingerprint density at radius 2 is 2.10 bits per heavy atom. The molecule has 0 saturated carbocycles. The second-order valence-electron chi connectivity index (χ2n) is 8.51. The molecular formula is C23H31N5O2S. The third-order valence-corrected chi connectivity index (χ3v) is 6.94. The Kier molecular flexibility index (Phi) is 6.97. The van der Waals surface area contributed by atoms with Crippen LogP contribution < -0.4 is 10.2 Å². The van der Waals surface area contributed by atoms with Gasteiger partial charge in [0.2, 0.25) is 11.8 Å². The fourth-order valence-corrected chi connectivity index (χ4v) is 5.48. The van der Waals surface area contributed by atoms with Gasteiger partial charge >= 0.3 is 0 Å². The topological polar surface area (TPSA) is 70.5 Å². The van der Waals surface area contributed by atoms with E-state index in [1.54, 1.807) is 4.90 Å². The van der Waals surface area contributed by atoms with Crippen LogP contribution >= 0.6 is 11.8 Å². The van der Waals surface area contributed by atoms with Crippen molar-refractivity contribution in [1.29, 1.82) is 0 Å². The lowest BCUT2D eigenvalue weighted by atomic mass is 10.0. The fourth-order valence-electron chi connectivity index (χ4n) is 4.40. The van der Waals surface area contributed by atoms with Gasteiger partial charge in [-0.25, -0.2) is 4.68 Å². The monoisotopic (exact) mass is 441 g/mol. The summed E-state index contributed by atoms with van der Waals surface area (Å²) in [5.74, 6) is 0.905. The number of hydrogen-bond donors (Lipinski definition) is 1. The summed E-state index contributed by atoms with van der Waals surface area (Å²) in [5.41, 5.74) is 2.46. The first-order chi connectivity index (χ1) is 15.0. The Hall–Kier alpha value is -2.32. The first-order valence-electron chi connectivity index (χ1n) is 11.1. The number of thioether (sulfide) groups is 1. The van der Waals surface area contributed by atoms with Crippen molar-refractivity contribution in [3.63, 3.8) is 0 Å². The summed E-state index contributed by atoms with van der Waals surface area (Å²) in [6.45, 7) is 8.19. The highest BCUT2D eigenvalue weighted by atomic mass is 32.2. The highest BCUT2D eigenvalue weighted by molar-refractivity contribution is 8.00. The van der Waals surface area contributed by atoms with Gasteiger partial charge in [0.05, 0.1) is 22.8 Å². The second-order valence-corrected chi connectivity index (χ2v) is 9.47. The summed E-state index contributed by atoms with van der Waals surface area (Å²) in [7, 11) is 0. The Morgan fingerprint density at radius 1 is 1.29 bits per heavy atom. The number of benzene rings is 1. The van der Waals surface area contributed by atoms with Gasteiger partial charge in [-0.05, 0) is 57.3 Å². The van der Waals surface area contributed by atoms with Crippen molar-refractivity contribution in [2.45, 2.75) is 38.1 Å². The molecule has 7 nitrogen and oxygen atoms in total. The van der Waals surface area contributed by atoms with Gasteiger partial charge in [-0.15, -0.1) is 0 Å². The van der Waals surface area contributed by atoms with Crippen LogP contribution in [0.25, 0.3) is 5.69 Å². The van der Waals surface area contributed by atoms with Gasteiger partial charge in [-0.2, -0.15) is 5.10 Å². The standard InChI is InChI=1S/C23H31N5O2S/c1-17-8-6-12-26(14-17)13-7-11-24-20(29)15-27-21(30)16-31-23-22(27)18(2)25-28(23)19-9-4-3-5-10-19/h3-5,9-10,17H,6-8,11-16H2,1-2H3,(H,24,29). The van der Waals surface area contributed by atoms with E-state index in [2.05, 4.69) is 22.2 Å². The smallest absolute Gasteiger partial charge is 0.240 e. The van der Waals surface area contributed by atoms with E-state index in [1.165, 1.54) is 24.6 Å². The number of nitrogens with one attached hydrogen (secondary N) is 1. The van der Waals surface area contributed by atoms with Crippen LogP contribution in [0, 0.1) is 12.8 Å². The highest BCUT2D eigenvalue weighted by Gasteiger charge is 2.32. The van der Waals surface area contributed by atoms with Crippen molar-refractivity contribution in [3.05, 3.63) is 36.0 Å². The van der Waals surface area contributed by atoms with Crippen LogP contribution in [-0.4, -0.2) is 65.0 Å². The third kappa shape index (κ3) is 5.13. The number of likely N-dealkylation sites (tertiary alicyclic amines) is 1. The molecule has 1 fully saturated rings. The minimum atomic E-state index is -0.120. The lowest BCUT2D eigenvalue weighted by Crippen LogP contribution is -2.44. The summed E-state index contributed by atoms with van der Waals surface area (Å²) >= 11 is 1.48. The molecule has 31 heavy (non-hydrogen) atoms. The van der Waals surface area contributed by atoms with E-state index in [0.29, 0.717) is 12.3 Å². The molecule has 1 aromatic heterocycles. The molecule has 8 heteroatoms. The van der Waals surface area contributed by atoms with Gasteiger partial charge in [-0.1, -0.05) is 36.9 Å². The first-order valence-corrected chi connectivity index (χ1v) is 12.1. The molecule has 0 radical (unpaired) electrons. The van der Waals surface area contributed by atoms with Gasteiger partial charge in [0, 0.05) is 13.1 Å². The molecule has 2 aliphatic rings. The van der Waals surface area contributed by atoms with E-state index >= 15 is 0 Å². The van der Waals surface area contributed by atoms with E-state index < -0.39 is 0 Å². The minimum absolute atomic E-state index is 0.0362. The second kappa shape index (κ2) is 9.87. The van der Waals surface area contributed by atoms with Gasteiger partial charge in [0.15, 0.2) is 0 Å². The first kappa shape index (κ1) is 21.9. The molecule has 2 aromatic rings. The van der Waals surface area contributed by atoms with Crippen molar-refractivity contribution in [1.82, 2.24) is 20.0 Å². The molecule has 1 N–H and O–H groups in total. The summed E-state index contributed by atoms with van der Waals surface area (Å²) in [5, 5.41) is 8.56. The molecule has 1 atom stereocenters. The quantitative estimate of drug-likeness (QED) is 0.669. The SMILES string of the molecule is Cc1nn(-c2ccccc2)c2c1N(CC(=O)NCCCN1CCCC(C)C1)C(=O)CS2. The number of rotatable bonds is 7. The lowest BCUT2D eigenvalue weighted by Gasteiger charge is -2.30. The molecule has 3 heterocycles. The number of fused-ring (bicyclic) bond motifs is 1. The molecule has 0 bridgehead atoms. The molecule has 166 valence electrons. The average molecular weight is 442 g/mol. The van der Waals surface area contributed by atoms with E-state index in [0.717, 1.165) is 54.1 Å². The number of carbonyl (C=O) groups is 2. The summed E-state index contributed by atoms with van der Waals surface area (Å²) in [6.07, 6.45) is 3.51. The van der Waals surface area contributed by atoms with E-state index in [1.807, 2.05) is 41.9 Å². The van der Waals surface area contributed by atoms with Crippen LogP contribution in [0.3, 0.4) is 0 Å². The van der Waals surface area contributed by atoms with Crippen molar-refractivity contribution in [2.24, 2.45) is 5.92 Å². The Morgan fingerprint density at radius 3 is 2.87 bits per heavy atom. The number of carbonyl (C=O) groups excluding carboxylic acids is 2. The molecule has 4 rings (SSSR count). The van der Waals surface area contributed by atoms with Gasteiger partial charge in [0.25, 0.3) is 0 Å². The van der Waals surface area contributed by atoms with Crippen LogP contribution in [0.2, 0.25) is 0 Å². The van der Waals surface area contributed by atoms with Crippen LogP contribution in [0.1, 0.15) is 31.9 Å². The molecule has 0 aliphatic carbocycles. The Labute approximate surface area is 188 Å². The molecule has 1 saturated heterocycles. The molecule has 1 aromatic carbocycles. The molecule has 2 aliphatic heterocycles. The predicted octanol–water partition coefficient (Wildman–Crippen LogP) is 2.86. The number of aromatic nitrogens is 2. The maximum Gasteiger partial charge on any atom is 0.240 e. The number of aryl methyl sites for hydroxylation is 1. The van der Waals surface area contributed by atoms with Crippen molar-refractivity contribution < 1.29 is 9.59 Å². The number of nitrogens with zero attached hydrogens (tertiary/aromatic N) is 4. The van der Waals surface area contributed by atoms with Crippen LogP contribution in [0.15, 0.2) is 35.4 Å². The number of para-hydroxylation sites is 1. The maximum absolute atomic E-state index is 12.6. The third-order valence-electron chi connectivity index (χ3n) is 5.91. The summed E-state index contributed by atoms with van der Waals surface area (Å²) < 4.78 is 1.87. The number of hydrogen-bond acceptors (Lipinski definition) is 5. The number of piperidine rings is 1. The maximum atomic E-state index is 12.6. The van der Waals surface area contributed by atoms with Gasteiger partial charge in [-0.3, -0.25) is 14.5 Å². The molecule has 1 unspecified atom stereocenters. The number of anilines is 1. The predicted molar refractivity (Wildman–Crippen MR) is 124 cm³/mol. The zero-order chi connectivity index (χ0) is 21.8. The normalized spacial score (nSPS) is 19.4. The average Bonchev–Trinajstić information content (AvgIpc) is 3.11. The van der Waals surface area contributed by atoms with Gasteiger partial charge in [0.1, 0.15) is 11.6 Å². The van der Waals surface area contributed by atoms with Crippen molar-refractivity contribution in [3.8, 4) is 5.69 Å². The number of amides is 2. The summed E-state index contributed by atoms with van der Waals surface area (Å²) in [4.78, 5) is 29.3. The van der Waals surface area contributed by atoms with Crippen LogP contribution in [-0.2, 0) is 9.59 Å². The van der Waals surface area contributed by atoms with Crippen LogP contribution in [0.5, 0.6) is 0 Å². The molecular weight excluding hydrogens is 410 g/mol. The minimum Gasteiger partial charge on any atom is -0.355 e. The molecule has 2 amide bonds. The highest BCUT2D eigenvalue weighted by Crippen LogP contribution is 2.39. The fraction of sp³-hybridized carbons (Fsp3) is 0.522. The Balaban J connectivity index is 1.36. The molecule has 0 spiro atoms. The largest absolute Gasteiger partial charge is 0.355 e. The summed E-state index contributed by atoms with van der Waals surface area (Å²) in [6, 6.07) is 9.87. The Bertz CT molecular complexity index is 930. The van der Waals surface area contributed by atoms with E-state index in [4.69, 9.17) is 0 Å². The van der Waals surface area contributed by atoms with E-state index in [9.17, 15) is 9.59 Å². The van der Waals surface area contributed by atoms with Crippen LogP contribution in [0.4, 0.5) is 5.69 Å². The van der Waals surface area contributed by atoms with Gasteiger partial charge < -0.3 is 10.2 Å². The zero-order valence-electron chi connectivity index (χ0n) is 18.3. The zero-order valence-corrected chi connectivity index (χ0v) is 19.2.